The SMILES string of the molecule is COC(=O)/C(C)=C/CNc1ccccc1-c1ccccc1. The van der Waals surface area contributed by atoms with Crippen LogP contribution in [0.25, 0.3) is 11.1 Å². The number of anilines is 1. The molecule has 2 rings (SSSR count). The maximum Gasteiger partial charge on any atom is 0.333 e. The summed E-state index contributed by atoms with van der Waals surface area (Å²) in [5.74, 6) is -0.298. The lowest BCUT2D eigenvalue weighted by molar-refractivity contribution is -0.136. The van der Waals surface area contributed by atoms with Gasteiger partial charge in [-0.25, -0.2) is 4.79 Å². The minimum atomic E-state index is -0.298. The summed E-state index contributed by atoms with van der Waals surface area (Å²) >= 11 is 0. The van der Waals surface area contributed by atoms with Crippen LogP contribution in [0, 0.1) is 0 Å². The Bertz CT molecular complexity index is 633. The van der Waals surface area contributed by atoms with Crippen molar-refractivity contribution in [2.24, 2.45) is 0 Å². The van der Waals surface area contributed by atoms with Crippen LogP contribution in [0.3, 0.4) is 0 Å². The van der Waals surface area contributed by atoms with Crippen molar-refractivity contribution in [2.75, 3.05) is 19.0 Å². The number of esters is 1. The minimum Gasteiger partial charge on any atom is -0.466 e. The third-order valence-electron chi connectivity index (χ3n) is 3.22. The van der Waals surface area contributed by atoms with Crippen molar-refractivity contribution in [2.45, 2.75) is 6.92 Å². The second-order valence-corrected chi connectivity index (χ2v) is 4.67. The molecule has 2 aromatic rings. The third kappa shape index (κ3) is 3.96. The first-order chi connectivity index (χ1) is 10.2. The summed E-state index contributed by atoms with van der Waals surface area (Å²) in [4.78, 5) is 11.3. The Morgan fingerprint density at radius 3 is 2.48 bits per heavy atom. The quantitative estimate of drug-likeness (QED) is 0.667. The Balaban J connectivity index is 2.13. The fourth-order valence-electron chi connectivity index (χ4n) is 2.07. The van der Waals surface area contributed by atoms with Crippen molar-refractivity contribution in [3.05, 3.63) is 66.2 Å². The highest BCUT2D eigenvalue weighted by Gasteiger charge is 2.04. The van der Waals surface area contributed by atoms with E-state index in [-0.39, 0.29) is 5.97 Å². The Labute approximate surface area is 125 Å². The molecule has 1 N–H and O–H groups in total. The van der Waals surface area contributed by atoms with Gasteiger partial charge in [0.15, 0.2) is 0 Å². The van der Waals surface area contributed by atoms with Gasteiger partial charge in [-0.3, -0.25) is 0 Å². The lowest BCUT2D eigenvalue weighted by Crippen LogP contribution is -2.06. The minimum absolute atomic E-state index is 0.298. The lowest BCUT2D eigenvalue weighted by atomic mass is 10.0. The molecule has 0 radical (unpaired) electrons. The van der Waals surface area contributed by atoms with Crippen LogP contribution in [-0.4, -0.2) is 19.6 Å². The molecular formula is C18H19NO2. The summed E-state index contributed by atoms with van der Waals surface area (Å²) in [5, 5.41) is 3.34. The van der Waals surface area contributed by atoms with Gasteiger partial charge in [0.25, 0.3) is 0 Å². The van der Waals surface area contributed by atoms with Crippen LogP contribution in [0.15, 0.2) is 66.2 Å². The fraction of sp³-hybridized carbons (Fsp3) is 0.167. The summed E-state index contributed by atoms with van der Waals surface area (Å²) in [6.07, 6.45) is 1.83. The van der Waals surface area contributed by atoms with E-state index in [4.69, 9.17) is 0 Å². The zero-order valence-corrected chi connectivity index (χ0v) is 12.3. The van der Waals surface area contributed by atoms with Gasteiger partial charge in [-0.2, -0.15) is 0 Å². The highest BCUT2D eigenvalue weighted by molar-refractivity contribution is 5.87. The summed E-state index contributed by atoms with van der Waals surface area (Å²) in [6.45, 7) is 2.32. The van der Waals surface area contributed by atoms with E-state index >= 15 is 0 Å². The van der Waals surface area contributed by atoms with E-state index in [1.807, 2.05) is 42.5 Å². The van der Waals surface area contributed by atoms with Gasteiger partial charge in [-0.15, -0.1) is 0 Å². The summed E-state index contributed by atoms with van der Waals surface area (Å²) in [5.41, 5.74) is 3.94. The van der Waals surface area contributed by atoms with E-state index in [1.54, 1.807) is 6.92 Å². The second-order valence-electron chi connectivity index (χ2n) is 4.67. The molecule has 0 spiro atoms. The van der Waals surface area contributed by atoms with E-state index in [0.717, 1.165) is 16.8 Å². The number of carbonyl (C=O) groups is 1. The Kier molecular flexibility index (Phi) is 5.16. The average Bonchev–Trinajstić information content (AvgIpc) is 2.55. The summed E-state index contributed by atoms with van der Waals surface area (Å²) in [6, 6.07) is 18.3. The zero-order chi connectivity index (χ0) is 15.1. The molecule has 0 atom stereocenters. The van der Waals surface area contributed by atoms with Crippen molar-refractivity contribution in [1.29, 1.82) is 0 Å². The number of benzene rings is 2. The number of nitrogens with one attached hydrogen (secondary N) is 1. The van der Waals surface area contributed by atoms with Crippen LogP contribution in [-0.2, 0) is 9.53 Å². The number of hydrogen-bond acceptors (Lipinski definition) is 3. The Morgan fingerprint density at radius 2 is 1.76 bits per heavy atom. The lowest BCUT2D eigenvalue weighted by Gasteiger charge is -2.11. The third-order valence-corrected chi connectivity index (χ3v) is 3.22. The molecule has 0 aliphatic heterocycles. The molecule has 0 amide bonds. The highest BCUT2D eigenvalue weighted by Crippen LogP contribution is 2.27. The molecule has 2 aromatic carbocycles. The van der Waals surface area contributed by atoms with Crippen LogP contribution < -0.4 is 5.32 Å². The van der Waals surface area contributed by atoms with Gasteiger partial charge in [-0.05, 0) is 18.6 Å². The molecule has 108 valence electrons. The van der Waals surface area contributed by atoms with Crippen LogP contribution in [0.1, 0.15) is 6.92 Å². The number of para-hydroxylation sites is 1. The van der Waals surface area contributed by atoms with Crippen LogP contribution in [0.4, 0.5) is 5.69 Å². The first kappa shape index (κ1) is 14.9. The number of carbonyl (C=O) groups excluding carboxylic acids is 1. The van der Waals surface area contributed by atoms with E-state index in [9.17, 15) is 4.79 Å². The van der Waals surface area contributed by atoms with Crippen LogP contribution >= 0.6 is 0 Å². The van der Waals surface area contributed by atoms with Gasteiger partial charge in [0.05, 0.1) is 7.11 Å². The standard InChI is InChI=1S/C18H19NO2/c1-14(18(20)21-2)12-13-19-17-11-7-6-10-16(17)15-8-4-3-5-9-15/h3-12,19H,13H2,1-2H3/b14-12+. The number of hydrogen-bond donors (Lipinski definition) is 1. The molecule has 0 aliphatic carbocycles. The van der Waals surface area contributed by atoms with Gasteiger partial charge in [0.2, 0.25) is 0 Å². The Morgan fingerprint density at radius 1 is 1.10 bits per heavy atom. The predicted octanol–water partition coefficient (Wildman–Crippen LogP) is 3.88. The van der Waals surface area contributed by atoms with Crippen molar-refractivity contribution >= 4 is 11.7 Å². The van der Waals surface area contributed by atoms with Crippen LogP contribution in [0.2, 0.25) is 0 Å². The zero-order valence-electron chi connectivity index (χ0n) is 12.3. The molecule has 0 bridgehead atoms. The van der Waals surface area contributed by atoms with Gasteiger partial charge in [-0.1, -0.05) is 54.6 Å². The van der Waals surface area contributed by atoms with Crippen molar-refractivity contribution < 1.29 is 9.53 Å². The molecule has 0 fully saturated rings. The smallest absolute Gasteiger partial charge is 0.333 e. The first-order valence-electron chi connectivity index (χ1n) is 6.86. The second kappa shape index (κ2) is 7.29. The molecule has 0 aliphatic rings. The predicted molar refractivity (Wildman–Crippen MR) is 86.1 cm³/mol. The fourth-order valence-corrected chi connectivity index (χ4v) is 2.07. The molecular weight excluding hydrogens is 262 g/mol. The van der Waals surface area contributed by atoms with E-state index < -0.39 is 0 Å². The summed E-state index contributed by atoms with van der Waals surface area (Å²) in [7, 11) is 1.39. The van der Waals surface area contributed by atoms with Gasteiger partial charge in [0, 0.05) is 23.4 Å². The van der Waals surface area contributed by atoms with Crippen LogP contribution in [0.5, 0.6) is 0 Å². The molecule has 21 heavy (non-hydrogen) atoms. The van der Waals surface area contributed by atoms with E-state index in [2.05, 4.69) is 28.3 Å². The molecule has 0 saturated heterocycles. The van der Waals surface area contributed by atoms with E-state index in [1.165, 1.54) is 7.11 Å². The molecule has 0 unspecified atom stereocenters. The highest BCUT2D eigenvalue weighted by atomic mass is 16.5. The van der Waals surface area contributed by atoms with Crippen molar-refractivity contribution in [3.8, 4) is 11.1 Å². The largest absolute Gasteiger partial charge is 0.466 e. The molecule has 3 heteroatoms. The first-order valence-corrected chi connectivity index (χ1v) is 6.86. The number of ether oxygens (including phenoxy) is 1. The van der Waals surface area contributed by atoms with Gasteiger partial charge in [0.1, 0.15) is 0 Å². The molecule has 0 aromatic heterocycles. The summed E-state index contributed by atoms with van der Waals surface area (Å²) < 4.78 is 4.67. The van der Waals surface area contributed by atoms with E-state index in [0.29, 0.717) is 12.1 Å². The Hall–Kier alpha value is -2.55. The normalized spacial score (nSPS) is 11.0. The van der Waals surface area contributed by atoms with Gasteiger partial charge >= 0.3 is 5.97 Å². The van der Waals surface area contributed by atoms with Gasteiger partial charge < -0.3 is 10.1 Å². The number of rotatable bonds is 5. The van der Waals surface area contributed by atoms with Crippen molar-refractivity contribution in [1.82, 2.24) is 0 Å². The number of methoxy groups -OCH3 is 1. The molecule has 0 heterocycles. The topological polar surface area (TPSA) is 38.3 Å². The maximum atomic E-state index is 11.3. The molecule has 3 nitrogen and oxygen atoms in total. The molecule has 0 saturated carbocycles. The average molecular weight is 281 g/mol. The monoisotopic (exact) mass is 281 g/mol. The maximum absolute atomic E-state index is 11.3. The van der Waals surface area contributed by atoms with Crippen molar-refractivity contribution in [3.63, 3.8) is 0 Å².